The Bertz CT molecular complexity index is 331. The third-order valence-corrected chi connectivity index (χ3v) is 2.34. The molecule has 0 saturated heterocycles. The molecular formula is C13H20FNO2. The minimum absolute atomic E-state index is 0.303. The third kappa shape index (κ3) is 5.04. The van der Waals surface area contributed by atoms with Gasteiger partial charge in [-0.3, -0.25) is 0 Å². The van der Waals surface area contributed by atoms with Crippen LogP contribution in [0.5, 0.6) is 5.75 Å². The van der Waals surface area contributed by atoms with Gasteiger partial charge in [-0.2, -0.15) is 0 Å². The van der Waals surface area contributed by atoms with E-state index in [1.165, 1.54) is 6.07 Å². The minimum atomic E-state index is -0.325. The molecule has 0 spiro atoms. The molecule has 0 saturated carbocycles. The number of unbranched alkanes of at least 4 members (excludes halogenated alkanes) is 1. The van der Waals surface area contributed by atoms with Crippen molar-refractivity contribution in [3.05, 3.63) is 24.0 Å². The predicted molar refractivity (Wildman–Crippen MR) is 67.2 cm³/mol. The summed E-state index contributed by atoms with van der Waals surface area (Å²) in [5, 5.41) is 3.16. The molecule has 1 rings (SSSR count). The summed E-state index contributed by atoms with van der Waals surface area (Å²) < 4.78 is 23.6. The summed E-state index contributed by atoms with van der Waals surface area (Å²) in [5.41, 5.74) is 0.781. The van der Waals surface area contributed by atoms with Crippen molar-refractivity contribution in [1.29, 1.82) is 0 Å². The van der Waals surface area contributed by atoms with Gasteiger partial charge in [0.2, 0.25) is 0 Å². The molecule has 0 aliphatic heterocycles. The first kappa shape index (κ1) is 13.8. The van der Waals surface area contributed by atoms with E-state index in [-0.39, 0.29) is 5.82 Å². The van der Waals surface area contributed by atoms with E-state index in [4.69, 9.17) is 9.47 Å². The number of methoxy groups -OCH3 is 1. The number of nitrogens with one attached hydrogen (secondary N) is 1. The highest BCUT2D eigenvalue weighted by Crippen LogP contribution is 2.21. The van der Waals surface area contributed by atoms with Gasteiger partial charge in [-0.15, -0.1) is 0 Å². The lowest BCUT2D eigenvalue weighted by Gasteiger charge is -2.09. The second kappa shape index (κ2) is 7.90. The van der Waals surface area contributed by atoms with Crippen LogP contribution in [0, 0.1) is 5.82 Å². The van der Waals surface area contributed by atoms with Crippen LogP contribution in [0.4, 0.5) is 10.1 Å². The van der Waals surface area contributed by atoms with Gasteiger partial charge in [0.25, 0.3) is 0 Å². The van der Waals surface area contributed by atoms with Crippen LogP contribution in [0.3, 0.4) is 0 Å². The number of benzene rings is 1. The molecule has 0 fully saturated rings. The van der Waals surface area contributed by atoms with Crippen LogP contribution in [0.25, 0.3) is 0 Å². The zero-order valence-electron chi connectivity index (χ0n) is 10.5. The molecule has 0 bridgehead atoms. The zero-order valence-corrected chi connectivity index (χ0v) is 10.5. The Hall–Kier alpha value is -1.29. The van der Waals surface area contributed by atoms with Gasteiger partial charge in [-0.25, -0.2) is 4.39 Å². The highest BCUT2D eigenvalue weighted by atomic mass is 19.1. The molecule has 0 radical (unpaired) electrons. The fraction of sp³-hybridized carbons (Fsp3) is 0.538. The quantitative estimate of drug-likeness (QED) is 0.709. The van der Waals surface area contributed by atoms with Crippen LogP contribution >= 0.6 is 0 Å². The molecule has 1 N–H and O–H groups in total. The summed E-state index contributed by atoms with van der Waals surface area (Å²) in [4.78, 5) is 0. The van der Waals surface area contributed by atoms with Crippen LogP contribution in [0.2, 0.25) is 0 Å². The maximum atomic E-state index is 13.5. The lowest BCUT2D eigenvalue weighted by atomic mass is 10.2. The van der Waals surface area contributed by atoms with E-state index >= 15 is 0 Å². The van der Waals surface area contributed by atoms with Gasteiger partial charge in [0.05, 0.1) is 6.61 Å². The van der Waals surface area contributed by atoms with Crippen LogP contribution < -0.4 is 10.1 Å². The average molecular weight is 241 g/mol. The first-order valence-electron chi connectivity index (χ1n) is 5.93. The van der Waals surface area contributed by atoms with E-state index in [9.17, 15) is 4.39 Å². The summed E-state index contributed by atoms with van der Waals surface area (Å²) >= 11 is 0. The molecular weight excluding hydrogens is 221 g/mol. The molecule has 0 aliphatic rings. The smallest absolute Gasteiger partial charge is 0.167 e. The van der Waals surface area contributed by atoms with Crippen molar-refractivity contribution in [2.45, 2.75) is 19.8 Å². The molecule has 17 heavy (non-hydrogen) atoms. The molecule has 0 aromatic heterocycles. The second-order valence-electron chi connectivity index (χ2n) is 3.70. The summed E-state index contributed by atoms with van der Waals surface area (Å²) in [6.07, 6.45) is 2.01. The van der Waals surface area contributed by atoms with E-state index in [0.717, 1.165) is 31.7 Å². The highest BCUT2D eigenvalue weighted by molar-refractivity contribution is 5.47. The molecule has 1 aromatic rings. The van der Waals surface area contributed by atoms with Crippen molar-refractivity contribution in [2.75, 3.05) is 32.2 Å². The van der Waals surface area contributed by atoms with Gasteiger partial charge in [-0.1, -0.05) is 0 Å². The van der Waals surface area contributed by atoms with Crippen molar-refractivity contribution in [3.63, 3.8) is 0 Å². The monoisotopic (exact) mass is 241 g/mol. The molecule has 0 heterocycles. The summed E-state index contributed by atoms with van der Waals surface area (Å²) in [5.74, 6) is -0.0221. The Morgan fingerprint density at radius 2 is 2.12 bits per heavy atom. The molecule has 0 atom stereocenters. The first-order valence-corrected chi connectivity index (χ1v) is 5.93. The van der Waals surface area contributed by atoms with Crippen LogP contribution in [0.15, 0.2) is 18.2 Å². The van der Waals surface area contributed by atoms with E-state index in [2.05, 4.69) is 5.32 Å². The number of hydrogen-bond donors (Lipinski definition) is 1. The Kier molecular flexibility index (Phi) is 6.40. The summed E-state index contributed by atoms with van der Waals surface area (Å²) in [6.45, 7) is 3.89. The fourth-order valence-corrected chi connectivity index (χ4v) is 1.49. The molecule has 4 heteroatoms. The maximum absolute atomic E-state index is 13.5. The summed E-state index contributed by atoms with van der Waals surface area (Å²) in [7, 11) is 1.69. The first-order chi connectivity index (χ1) is 8.27. The predicted octanol–water partition coefficient (Wildman–Crippen LogP) is 3.06. The van der Waals surface area contributed by atoms with Crippen LogP contribution in [0.1, 0.15) is 19.8 Å². The van der Waals surface area contributed by atoms with Crippen molar-refractivity contribution >= 4 is 5.69 Å². The number of rotatable bonds is 8. The van der Waals surface area contributed by atoms with Crippen LogP contribution in [-0.4, -0.2) is 26.9 Å². The number of hydrogen-bond acceptors (Lipinski definition) is 3. The van der Waals surface area contributed by atoms with Crippen LogP contribution in [-0.2, 0) is 4.74 Å². The zero-order chi connectivity index (χ0) is 12.5. The molecule has 96 valence electrons. The van der Waals surface area contributed by atoms with Gasteiger partial charge in [0.1, 0.15) is 0 Å². The van der Waals surface area contributed by atoms with Gasteiger partial charge < -0.3 is 14.8 Å². The normalized spacial score (nSPS) is 10.3. The lowest BCUT2D eigenvalue weighted by molar-refractivity contribution is 0.194. The fourth-order valence-electron chi connectivity index (χ4n) is 1.49. The molecule has 0 unspecified atom stereocenters. The van der Waals surface area contributed by atoms with E-state index in [1.54, 1.807) is 13.2 Å². The maximum Gasteiger partial charge on any atom is 0.167 e. The van der Waals surface area contributed by atoms with Gasteiger partial charge in [-0.05, 0) is 31.9 Å². The SMILES string of the molecule is CCOc1ccc(NCCCCOC)cc1F. The van der Waals surface area contributed by atoms with Gasteiger partial charge >= 0.3 is 0 Å². The van der Waals surface area contributed by atoms with E-state index in [1.807, 2.05) is 13.0 Å². The molecule has 1 aromatic carbocycles. The molecule has 0 aliphatic carbocycles. The Morgan fingerprint density at radius 1 is 1.29 bits per heavy atom. The minimum Gasteiger partial charge on any atom is -0.491 e. The summed E-state index contributed by atoms with van der Waals surface area (Å²) in [6, 6.07) is 4.93. The van der Waals surface area contributed by atoms with Gasteiger partial charge in [0, 0.05) is 32.0 Å². The number of halogens is 1. The van der Waals surface area contributed by atoms with Crippen molar-refractivity contribution in [1.82, 2.24) is 0 Å². The van der Waals surface area contributed by atoms with Gasteiger partial charge in [0.15, 0.2) is 11.6 Å². The lowest BCUT2D eigenvalue weighted by Crippen LogP contribution is -2.03. The second-order valence-corrected chi connectivity index (χ2v) is 3.70. The molecule has 3 nitrogen and oxygen atoms in total. The Balaban J connectivity index is 2.36. The number of ether oxygens (including phenoxy) is 2. The highest BCUT2D eigenvalue weighted by Gasteiger charge is 2.03. The van der Waals surface area contributed by atoms with Crippen molar-refractivity contribution < 1.29 is 13.9 Å². The Morgan fingerprint density at radius 3 is 2.76 bits per heavy atom. The van der Waals surface area contributed by atoms with E-state index < -0.39 is 0 Å². The van der Waals surface area contributed by atoms with E-state index in [0.29, 0.717) is 12.4 Å². The number of anilines is 1. The Labute approximate surface area is 102 Å². The molecule has 0 amide bonds. The van der Waals surface area contributed by atoms with Crippen molar-refractivity contribution in [2.24, 2.45) is 0 Å². The largest absolute Gasteiger partial charge is 0.491 e. The standard InChI is InChI=1S/C13H20FNO2/c1-3-17-13-7-6-11(10-12(13)14)15-8-4-5-9-16-2/h6-7,10,15H,3-5,8-9H2,1-2H3. The van der Waals surface area contributed by atoms with Crippen molar-refractivity contribution in [3.8, 4) is 5.75 Å². The third-order valence-electron chi connectivity index (χ3n) is 2.34. The average Bonchev–Trinajstić information content (AvgIpc) is 2.32. The topological polar surface area (TPSA) is 30.5 Å².